The molecule has 1 fully saturated rings. The highest BCUT2D eigenvalue weighted by Gasteiger charge is 2.55. The maximum absolute atomic E-state index is 10.3. The Morgan fingerprint density at radius 2 is 2.24 bits per heavy atom. The summed E-state index contributed by atoms with van der Waals surface area (Å²) in [6.07, 6.45) is 3.09. The van der Waals surface area contributed by atoms with Crippen LogP contribution in [0.3, 0.4) is 0 Å². The van der Waals surface area contributed by atoms with Gasteiger partial charge in [-0.2, -0.15) is 5.10 Å². The molecule has 2 aromatic heterocycles. The van der Waals surface area contributed by atoms with Crippen LogP contribution in [-0.4, -0.2) is 54.8 Å². The highest BCUT2D eigenvalue weighted by atomic mass is 16.6. The Morgan fingerprint density at radius 1 is 1.48 bits per heavy atom. The van der Waals surface area contributed by atoms with E-state index < -0.39 is 30.5 Å². The summed E-state index contributed by atoms with van der Waals surface area (Å²) in [5.74, 6) is 2.62. The van der Waals surface area contributed by atoms with Crippen LogP contribution in [-0.2, 0) is 10.3 Å². The maximum atomic E-state index is 10.3. The number of terminal acetylenes is 1. The van der Waals surface area contributed by atoms with Crippen molar-refractivity contribution in [3.8, 4) is 12.3 Å². The summed E-state index contributed by atoms with van der Waals surface area (Å²) in [6, 6.07) is 3.23. The van der Waals surface area contributed by atoms with Crippen LogP contribution in [0.4, 0.5) is 5.82 Å². The Hall–Kier alpha value is -2.18. The summed E-state index contributed by atoms with van der Waals surface area (Å²) < 4.78 is 6.96. The zero-order valence-electron chi connectivity index (χ0n) is 10.9. The van der Waals surface area contributed by atoms with Gasteiger partial charge in [-0.05, 0) is 12.1 Å². The predicted octanol–water partition coefficient (Wildman–Crippen LogP) is -1.75. The van der Waals surface area contributed by atoms with Gasteiger partial charge in [-0.1, -0.05) is 5.92 Å². The first-order chi connectivity index (χ1) is 10.0. The molecule has 0 radical (unpaired) electrons. The number of fused-ring (bicyclic) bond motifs is 1. The lowest BCUT2D eigenvalue weighted by Gasteiger charge is -2.26. The van der Waals surface area contributed by atoms with Crippen molar-refractivity contribution in [1.29, 1.82) is 0 Å². The van der Waals surface area contributed by atoms with Gasteiger partial charge in [-0.3, -0.25) is 0 Å². The molecule has 1 aliphatic rings. The van der Waals surface area contributed by atoms with Crippen molar-refractivity contribution < 1.29 is 20.1 Å². The van der Waals surface area contributed by atoms with Gasteiger partial charge in [0.2, 0.25) is 0 Å². The van der Waals surface area contributed by atoms with Gasteiger partial charge >= 0.3 is 0 Å². The van der Waals surface area contributed by atoms with Crippen molar-refractivity contribution >= 4 is 11.3 Å². The van der Waals surface area contributed by atoms with E-state index >= 15 is 0 Å². The van der Waals surface area contributed by atoms with Crippen LogP contribution in [0.5, 0.6) is 0 Å². The number of rotatable bonds is 2. The molecule has 1 saturated heterocycles. The van der Waals surface area contributed by atoms with Gasteiger partial charge in [0.05, 0.1) is 12.3 Å². The van der Waals surface area contributed by atoms with Crippen LogP contribution >= 0.6 is 0 Å². The van der Waals surface area contributed by atoms with Gasteiger partial charge in [0.1, 0.15) is 30.2 Å². The fourth-order valence-corrected chi connectivity index (χ4v) is 2.61. The summed E-state index contributed by atoms with van der Waals surface area (Å²) in [5, 5.41) is 33.5. The molecule has 0 aliphatic carbocycles. The number of nitrogens with two attached hydrogens (primary N) is 1. The maximum Gasteiger partial charge on any atom is 0.199 e. The minimum absolute atomic E-state index is 0.246. The molecule has 8 nitrogen and oxygen atoms in total. The van der Waals surface area contributed by atoms with Crippen LogP contribution in [0.2, 0.25) is 0 Å². The van der Waals surface area contributed by atoms with Crippen molar-refractivity contribution in [1.82, 2.24) is 14.6 Å². The van der Waals surface area contributed by atoms with Crippen molar-refractivity contribution in [3.05, 3.63) is 24.2 Å². The fourth-order valence-electron chi connectivity index (χ4n) is 2.61. The number of aromatic nitrogens is 3. The van der Waals surface area contributed by atoms with Crippen molar-refractivity contribution in [2.24, 2.45) is 0 Å². The van der Waals surface area contributed by atoms with E-state index in [1.807, 2.05) is 0 Å². The van der Waals surface area contributed by atoms with E-state index in [0.717, 1.165) is 0 Å². The van der Waals surface area contributed by atoms with Gasteiger partial charge in [-0.15, -0.1) is 6.42 Å². The molecule has 5 N–H and O–H groups in total. The second-order valence-electron chi connectivity index (χ2n) is 4.82. The summed E-state index contributed by atoms with van der Waals surface area (Å²) in [6.45, 7) is -0.470. The second kappa shape index (κ2) is 4.68. The Kier molecular flexibility index (Phi) is 3.07. The number of anilines is 1. The number of aliphatic hydroxyl groups excluding tert-OH is 3. The fraction of sp³-hybridized carbons (Fsp3) is 0.385. The molecule has 3 heterocycles. The smallest absolute Gasteiger partial charge is 0.199 e. The van der Waals surface area contributed by atoms with Crippen LogP contribution in [0.1, 0.15) is 5.69 Å². The Balaban J connectivity index is 2.20. The minimum atomic E-state index is -1.62. The zero-order valence-corrected chi connectivity index (χ0v) is 10.9. The number of ether oxygens (including phenoxy) is 1. The van der Waals surface area contributed by atoms with Crippen molar-refractivity contribution in [2.45, 2.75) is 23.9 Å². The lowest BCUT2D eigenvalue weighted by atomic mass is 9.92. The molecule has 21 heavy (non-hydrogen) atoms. The molecule has 0 amide bonds. The Bertz CT molecular complexity index is 725. The highest BCUT2D eigenvalue weighted by molar-refractivity contribution is 5.66. The van der Waals surface area contributed by atoms with Gasteiger partial charge in [0, 0.05) is 0 Å². The number of hydrogen-bond donors (Lipinski definition) is 4. The normalized spacial score (nSPS) is 32.4. The van der Waals surface area contributed by atoms with E-state index in [0.29, 0.717) is 11.2 Å². The highest BCUT2D eigenvalue weighted by Crippen LogP contribution is 2.40. The second-order valence-corrected chi connectivity index (χ2v) is 4.82. The average molecular weight is 290 g/mol. The van der Waals surface area contributed by atoms with Crippen molar-refractivity contribution in [3.63, 3.8) is 0 Å². The third kappa shape index (κ3) is 1.73. The van der Waals surface area contributed by atoms with E-state index in [4.69, 9.17) is 16.9 Å². The number of nitrogens with zero attached hydrogens (tertiary/aromatic N) is 3. The molecule has 4 unspecified atom stereocenters. The first-order valence-electron chi connectivity index (χ1n) is 6.26. The lowest BCUT2D eigenvalue weighted by Crippen LogP contribution is -2.40. The molecule has 0 bridgehead atoms. The average Bonchev–Trinajstić information content (AvgIpc) is 3.03. The predicted molar refractivity (Wildman–Crippen MR) is 71.9 cm³/mol. The Morgan fingerprint density at radius 3 is 2.86 bits per heavy atom. The molecule has 0 spiro atoms. The van der Waals surface area contributed by atoms with Gasteiger partial charge in [0.15, 0.2) is 11.4 Å². The first kappa shape index (κ1) is 13.8. The lowest BCUT2D eigenvalue weighted by molar-refractivity contribution is -0.0629. The van der Waals surface area contributed by atoms with Gasteiger partial charge in [0.25, 0.3) is 0 Å². The molecule has 0 saturated carbocycles. The SMILES string of the molecule is C#CC1(c2ccc3c(N)ncnn23)OC(CO)C(O)C1O. The Labute approximate surface area is 119 Å². The summed E-state index contributed by atoms with van der Waals surface area (Å²) in [4.78, 5) is 3.86. The largest absolute Gasteiger partial charge is 0.394 e. The third-order valence-corrected chi connectivity index (χ3v) is 3.71. The molecular formula is C13H14N4O4. The van der Waals surface area contributed by atoms with Crippen LogP contribution < -0.4 is 5.73 Å². The molecule has 1 aliphatic heterocycles. The van der Waals surface area contributed by atoms with Gasteiger partial charge < -0.3 is 25.8 Å². The van der Waals surface area contributed by atoms with Gasteiger partial charge in [-0.25, -0.2) is 9.50 Å². The van der Waals surface area contributed by atoms with E-state index in [-0.39, 0.29) is 5.82 Å². The third-order valence-electron chi connectivity index (χ3n) is 3.71. The van der Waals surface area contributed by atoms with E-state index in [9.17, 15) is 15.3 Å². The molecule has 0 aromatic carbocycles. The van der Waals surface area contributed by atoms with E-state index in [1.54, 1.807) is 12.1 Å². The molecule has 8 heteroatoms. The monoisotopic (exact) mass is 290 g/mol. The van der Waals surface area contributed by atoms with E-state index in [2.05, 4.69) is 16.0 Å². The summed E-state index contributed by atoms with van der Waals surface area (Å²) >= 11 is 0. The summed E-state index contributed by atoms with van der Waals surface area (Å²) in [7, 11) is 0. The van der Waals surface area contributed by atoms with Crippen LogP contribution in [0.15, 0.2) is 18.5 Å². The summed E-state index contributed by atoms with van der Waals surface area (Å²) in [5.41, 5.74) is 4.96. The molecule has 3 rings (SSSR count). The quantitative estimate of drug-likeness (QED) is 0.483. The first-order valence-corrected chi connectivity index (χ1v) is 6.26. The number of nitrogen functional groups attached to an aromatic ring is 1. The van der Waals surface area contributed by atoms with Crippen LogP contribution in [0, 0.1) is 12.3 Å². The minimum Gasteiger partial charge on any atom is -0.394 e. The molecular weight excluding hydrogens is 276 g/mol. The molecule has 4 atom stereocenters. The van der Waals surface area contributed by atoms with Crippen molar-refractivity contribution in [2.75, 3.05) is 12.3 Å². The zero-order chi connectivity index (χ0) is 15.2. The molecule has 110 valence electrons. The molecule has 2 aromatic rings. The van der Waals surface area contributed by atoms with E-state index in [1.165, 1.54) is 10.8 Å². The number of aliphatic hydroxyl groups is 3. The topological polar surface area (TPSA) is 126 Å². The number of hydrogen-bond acceptors (Lipinski definition) is 7. The van der Waals surface area contributed by atoms with Crippen LogP contribution in [0.25, 0.3) is 5.52 Å². The standard InChI is InChI=1S/C13H14N4O4/c1-2-13(11(20)10(19)8(5-18)21-13)9-4-3-7-12(14)15-6-16-17(7)9/h1,3-4,6,8,10-11,18-20H,5H2,(H2,14,15,16).